The summed E-state index contributed by atoms with van der Waals surface area (Å²) in [4.78, 5) is 33.7. The number of aliphatic carboxylic acids is 1. The monoisotopic (exact) mass is 258 g/mol. The number of hydrogen-bond donors (Lipinski definition) is 1. The molecule has 0 amide bonds. The maximum Gasteiger partial charge on any atom is 0.321 e. The molecule has 0 fully saturated rings. The van der Waals surface area contributed by atoms with Crippen LogP contribution in [0.25, 0.3) is 0 Å². The van der Waals surface area contributed by atoms with Crippen LogP contribution in [0.2, 0.25) is 0 Å². The summed E-state index contributed by atoms with van der Waals surface area (Å²) in [6, 6.07) is 0. The van der Waals surface area contributed by atoms with Gasteiger partial charge in [0.15, 0.2) is 5.92 Å². The van der Waals surface area contributed by atoms with E-state index in [-0.39, 0.29) is 6.61 Å². The molecule has 0 aromatic carbocycles. The second kappa shape index (κ2) is 6.78. The number of carbonyl (C=O) groups is 3. The molecule has 0 spiro atoms. The van der Waals surface area contributed by atoms with Gasteiger partial charge in [0.05, 0.1) is 6.42 Å². The molecule has 1 unspecified atom stereocenters. The molecule has 0 saturated heterocycles. The maximum absolute atomic E-state index is 11.6. The molecule has 6 nitrogen and oxygen atoms in total. The third-order valence-corrected chi connectivity index (χ3v) is 1.72. The standard InChI is InChI=1S/C12H18O6/c1-5-6-17-9(13)7-8(10(14)15)11(16)18-12(2,3)4/h5,8H,1,6-7H2,2-4H3,(H,14,15). The smallest absolute Gasteiger partial charge is 0.321 e. The highest BCUT2D eigenvalue weighted by atomic mass is 16.6. The lowest BCUT2D eigenvalue weighted by molar-refractivity contribution is -0.170. The van der Waals surface area contributed by atoms with Gasteiger partial charge in [0.25, 0.3) is 0 Å². The van der Waals surface area contributed by atoms with Gasteiger partial charge < -0.3 is 14.6 Å². The maximum atomic E-state index is 11.6. The first-order chi connectivity index (χ1) is 8.17. The molecule has 1 atom stereocenters. The van der Waals surface area contributed by atoms with Crippen LogP contribution in [0, 0.1) is 5.92 Å². The van der Waals surface area contributed by atoms with Gasteiger partial charge in [-0.15, -0.1) is 0 Å². The number of carbonyl (C=O) groups excluding carboxylic acids is 2. The molecule has 0 radical (unpaired) electrons. The van der Waals surface area contributed by atoms with Crippen molar-refractivity contribution in [2.75, 3.05) is 6.61 Å². The Morgan fingerprint density at radius 3 is 2.28 bits per heavy atom. The third kappa shape index (κ3) is 6.67. The third-order valence-electron chi connectivity index (χ3n) is 1.72. The normalized spacial score (nSPS) is 12.4. The first-order valence-electron chi connectivity index (χ1n) is 5.39. The van der Waals surface area contributed by atoms with Gasteiger partial charge in [-0.25, -0.2) is 0 Å². The molecule has 0 aliphatic carbocycles. The summed E-state index contributed by atoms with van der Waals surface area (Å²) in [5.41, 5.74) is -0.810. The van der Waals surface area contributed by atoms with E-state index in [9.17, 15) is 14.4 Å². The van der Waals surface area contributed by atoms with Crippen molar-refractivity contribution in [1.82, 2.24) is 0 Å². The van der Waals surface area contributed by atoms with E-state index in [1.54, 1.807) is 20.8 Å². The summed E-state index contributed by atoms with van der Waals surface area (Å²) < 4.78 is 9.54. The van der Waals surface area contributed by atoms with Gasteiger partial charge in [0.2, 0.25) is 0 Å². The van der Waals surface area contributed by atoms with Crippen molar-refractivity contribution in [1.29, 1.82) is 0 Å². The first-order valence-corrected chi connectivity index (χ1v) is 5.39. The summed E-state index contributed by atoms with van der Waals surface area (Å²) >= 11 is 0. The molecular formula is C12H18O6. The van der Waals surface area contributed by atoms with E-state index in [0.29, 0.717) is 0 Å². The predicted molar refractivity (Wildman–Crippen MR) is 62.7 cm³/mol. The molecule has 0 aromatic rings. The lowest BCUT2D eigenvalue weighted by Crippen LogP contribution is -2.34. The van der Waals surface area contributed by atoms with Crippen LogP contribution in [0.3, 0.4) is 0 Å². The topological polar surface area (TPSA) is 89.9 Å². The first kappa shape index (κ1) is 16.1. The Morgan fingerprint density at radius 2 is 1.89 bits per heavy atom. The van der Waals surface area contributed by atoms with Crippen LogP contribution in [0.5, 0.6) is 0 Å². The van der Waals surface area contributed by atoms with Gasteiger partial charge in [-0.2, -0.15) is 0 Å². The van der Waals surface area contributed by atoms with E-state index in [2.05, 4.69) is 11.3 Å². The quantitative estimate of drug-likeness (QED) is 0.436. The molecule has 0 aliphatic rings. The number of carboxylic acid groups (broad SMARTS) is 1. The summed E-state index contributed by atoms with van der Waals surface area (Å²) in [7, 11) is 0. The molecular weight excluding hydrogens is 240 g/mol. The molecule has 0 heterocycles. The Balaban J connectivity index is 4.57. The van der Waals surface area contributed by atoms with Crippen LogP contribution in [0.1, 0.15) is 27.2 Å². The van der Waals surface area contributed by atoms with Crippen molar-refractivity contribution in [3.8, 4) is 0 Å². The average Bonchev–Trinajstić information content (AvgIpc) is 2.19. The fourth-order valence-corrected chi connectivity index (χ4v) is 1.02. The Bertz CT molecular complexity index is 339. The fraction of sp³-hybridized carbons (Fsp3) is 0.583. The summed E-state index contributed by atoms with van der Waals surface area (Å²) in [5.74, 6) is -4.71. The second-order valence-electron chi connectivity index (χ2n) is 4.60. The fourth-order valence-electron chi connectivity index (χ4n) is 1.02. The van der Waals surface area contributed by atoms with Gasteiger partial charge in [-0.05, 0) is 20.8 Å². The van der Waals surface area contributed by atoms with E-state index >= 15 is 0 Å². The van der Waals surface area contributed by atoms with Crippen LogP contribution in [0.4, 0.5) is 0 Å². The van der Waals surface area contributed by atoms with Crippen LogP contribution in [0.15, 0.2) is 12.7 Å². The van der Waals surface area contributed by atoms with Crippen LogP contribution < -0.4 is 0 Å². The molecule has 6 heteroatoms. The number of esters is 2. The van der Waals surface area contributed by atoms with Gasteiger partial charge in [0, 0.05) is 0 Å². The lowest BCUT2D eigenvalue weighted by atomic mass is 10.1. The molecule has 102 valence electrons. The second-order valence-corrected chi connectivity index (χ2v) is 4.60. The Kier molecular flexibility index (Phi) is 6.08. The van der Waals surface area contributed by atoms with Crippen LogP contribution in [-0.4, -0.2) is 35.2 Å². The van der Waals surface area contributed by atoms with Gasteiger partial charge in [-0.3, -0.25) is 14.4 Å². The van der Waals surface area contributed by atoms with Crippen LogP contribution in [-0.2, 0) is 23.9 Å². The Morgan fingerprint density at radius 1 is 1.33 bits per heavy atom. The number of rotatable bonds is 6. The molecule has 18 heavy (non-hydrogen) atoms. The zero-order chi connectivity index (χ0) is 14.3. The molecule has 0 bridgehead atoms. The van der Waals surface area contributed by atoms with Crippen LogP contribution >= 0.6 is 0 Å². The van der Waals surface area contributed by atoms with E-state index in [4.69, 9.17) is 9.84 Å². The van der Waals surface area contributed by atoms with E-state index in [1.807, 2.05) is 0 Å². The average molecular weight is 258 g/mol. The number of hydrogen-bond acceptors (Lipinski definition) is 5. The molecule has 1 N–H and O–H groups in total. The zero-order valence-electron chi connectivity index (χ0n) is 10.8. The molecule has 0 aliphatic heterocycles. The van der Waals surface area contributed by atoms with Crippen molar-refractivity contribution in [3.63, 3.8) is 0 Å². The lowest BCUT2D eigenvalue weighted by Gasteiger charge is -2.21. The van der Waals surface area contributed by atoms with Crippen molar-refractivity contribution in [3.05, 3.63) is 12.7 Å². The van der Waals surface area contributed by atoms with Crippen molar-refractivity contribution in [2.24, 2.45) is 5.92 Å². The largest absolute Gasteiger partial charge is 0.481 e. The summed E-state index contributed by atoms with van der Waals surface area (Å²) in [6.07, 6.45) is 0.791. The van der Waals surface area contributed by atoms with E-state index < -0.39 is 35.8 Å². The summed E-state index contributed by atoms with van der Waals surface area (Å²) in [6.45, 7) is 8.15. The minimum Gasteiger partial charge on any atom is -0.481 e. The summed E-state index contributed by atoms with van der Waals surface area (Å²) in [5, 5.41) is 8.89. The van der Waals surface area contributed by atoms with Crippen molar-refractivity contribution in [2.45, 2.75) is 32.8 Å². The predicted octanol–water partition coefficient (Wildman–Crippen LogP) is 1.15. The van der Waals surface area contributed by atoms with Crippen molar-refractivity contribution < 1.29 is 29.0 Å². The zero-order valence-corrected chi connectivity index (χ0v) is 10.8. The minimum atomic E-state index is -1.55. The highest BCUT2D eigenvalue weighted by Crippen LogP contribution is 2.14. The molecule has 0 aromatic heterocycles. The van der Waals surface area contributed by atoms with Gasteiger partial charge in [0.1, 0.15) is 12.2 Å². The van der Waals surface area contributed by atoms with E-state index in [1.165, 1.54) is 6.08 Å². The SMILES string of the molecule is C=CCOC(=O)CC(C(=O)O)C(=O)OC(C)(C)C. The molecule has 0 rings (SSSR count). The number of carboxylic acids is 1. The highest BCUT2D eigenvalue weighted by molar-refractivity contribution is 5.97. The molecule has 0 saturated carbocycles. The minimum absolute atomic E-state index is 0.0283. The Labute approximate surface area is 106 Å². The Hall–Kier alpha value is -1.85. The highest BCUT2D eigenvalue weighted by Gasteiger charge is 2.33. The van der Waals surface area contributed by atoms with Gasteiger partial charge >= 0.3 is 17.9 Å². The number of ether oxygens (including phenoxy) is 2. The van der Waals surface area contributed by atoms with Gasteiger partial charge in [-0.1, -0.05) is 12.7 Å². The van der Waals surface area contributed by atoms with E-state index in [0.717, 1.165) is 0 Å². The van der Waals surface area contributed by atoms with Crippen molar-refractivity contribution >= 4 is 17.9 Å².